The SMILES string of the molecule is Cc1ccc(-c2ccccc2)cc1.Cc1cccc2c1-c1ccccc1C2(C)C.Cc1cccc2oc3ccc(-c4ccc5c(c4)c4ccccc4n5-c4ccccc4)cc3c12. The highest BCUT2D eigenvalue weighted by Crippen LogP contribution is 2.49. The van der Waals surface area contributed by atoms with E-state index >= 15 is 0 Å². The summed E-state index contributed by atoms with van der Waals surface area (Å²) in [6.07, 6.45) is 0. The first-order valence-corrected chi connectivity index (χ1v) is 21.6. The molecule has 0 N–H and O–H groups in total. The van der Waals surface area contributed by atoms with Crippen molar-refractivity contribution in [1.82, 2.24) is 4.57 Å². The second-order valence-corrected chi connectivity index (χ2v) is 17.1. The van der Waals surface area contributed by atoms with Gasteiger partial charge in [-0.2, -0.15) is 0 Å². The Morgan fingerprint density at radius 3 is 1.77 bits per heavy atom. The van der Waals surface area contributed by atoms with E-state index in [1.807, 2.05) is 12.1 Å². The Kier molecular flexibility index (Phi) is 9.93. The molecule has 1 aliphatic rings. The summed E-state index contributed by atoms with van der Waals surface area (Å²) in [6.45, 7) is 11.1. The lowest BCUT2D eigenvalue weighted by Gasteiger charge is -2.21. The number of aromatic nitrogens is 1. The molecule has 2 heteroatoms. The van der Waals surface area contributed by atoms with Gasteiger partial charge in [0.25, 0.3) is 0 Å². The molecule has 0 aliphatic heterocycles. The molecule has 0 fully saturated rings. The fraction of sp³-hybridized carbons (Fsp3) is 0.100. The first-order valence-electron chi connectivity index (χ1n) is 21.6. The van der Waals surface area contributed by atoms with Crippen molar-refractivity contribution in [2.24, 2.45) is 0 Å². The van der Waals surface area contributed by atoms with Crippen molar-refractivity contribution in [1.29, 1.82) is 0 Å². The molecule has 0 spiro atoms. The van der Waals surface area contributed by atoms with Crippen molar-refractivity contribution in [2.45, 2.75) is 40.0 Å². The van der Waals surface area contributed by atoms with Crippen LogP contribution >= 0.6 is 0 Å². The highest BCUT2D eigenvalue weighted by molar-refractivity contribution is 6.11. The molecule has 2 heterocycles. The van der Waals surface area contributed by atoms with Gasteiger partial charge < -0.3 is 8.98 Å². The number of nitrogens with zero attached hydrogens (tertiary/aromatic N) is 1. The normalized spacial score (nSPS) is 12.4. The topological polar surface area (TPSA) is 18.1 Å². The van der Waals surface area contributed by atoms with Crippen LogP contribution in [0.3, 0.4) is 0 Å². The molecule has 0 saturated carbocycles. The Morgan fingerprint density at radius 1 is 0.403 bits per heavy atom. The molecule has 0 bridgehead atoms. The van der Waals surface area contributed by atoms with Crippen molar-refractivity contribution < 1.29 is 4.42 Å². The molecule has 62 heavy (non-hydrogen) atoms. The van der Waals surface area contributed by atoms with Gasteiger partial charge in [-0.25, -0.2) is 0 Å². The second kappa shape index (κ2) is 15.9. The number of aryl methyl sites for hydroxylation is 3. The molecule has 2 nitrogen and oxygen atoms in total. The van der Waals surface area contributed by atoms with Crippen LogP contribution in [-0.2, 0) is 5.41 Å². The maximum Gasteiger partial charge on any atom is 0.135 e. The van der Waals surface area contributed by atoms with Crippen LogP contribution in [-0.4, -0.2) is 4.57 Å². The average molecular weight is 800 g/mol. The highest BCUT2D eigenvalue weighted by atomic mass is 16.3. The molecule has 0 unspecified atom stereocenters. The third kappa shape index (κ3) is 6.88. The third-order valence-corrected chi connectivity index (χ3v) is 12.7. The summed E-state index contributed by atoms with van der Waals surface area (Å²) in [6, 6.07) is 73.3. The first-order chi connectivity index (χ1) is 30.3. The van der Waals surface area contributed by atoms with E-state index in [9.17, 15) is 0 Å². The van der Waals surface area contributed by atoms with Crippen molar-refractivity contribution in [3.8, 4) is 39.1 Å². The Labute approximate surface area is 364 Å². The van der Waals surface area contributed by atoms with Crippen LogP contribution in [0.15, 0.2) is 211 Å². The van der Waals surface area contributed by atoms with Crippen molar-refractivity contribution >= 4 is 43.7 Å². The average Bonchev–Trinajstić information content (AvgIpc) is 3.93. The van der Waals surface area contributed by atoms with Gasteiger partial charge in [0.15, 0.2) is 0 Å². The Balaban J connectivity index is 0.000000131. The number of para-hydroxylation sites is 2. The second-order valence-electron chi connectivity index (χ2n) is 17.1. The van der Waals surface area contributed by atoms with Gasteiger partial charge >= 0.3 is 0 Å². The van der Waals surface area contributed by atoms with Gasteiger partial charge in [0.1, 0.15) is 11.2 Å². The predicted octanol–water partition coefficient (Wildman–Crippen LogP) is 16.6. The summed E-state index contributed by atoms with van der Waals surface area (Å²) >= 11 is 0. The fourth-order valence-electron chi connectivity index (χ4n) is 9.51. The van der Waals surface area contributed by atoms with Crippen LogP contribution in [0.5, 0.6) is 0 Å². The van der Waals surface area contributed by atoms with E-state index in [0.29, 0.717) is 0 Å². The predicted molar refractivity (Wildman–Crippen MR) is 264 cm³/mol. The zero-order valence-corrected chi connectivity index (χ0v) is 36.0. The van der Waals surface area contributed by atoms with Crippen LogP contribution in [0.1, 0.15) is 41.7 Å². The van der Waals surface area contributed by atoms with Gasteiger partial charge in [0.05, 0.1) is 11.0 Å². The molecule has 1 aliphatic carbocycles. The first kappa shape index (κ1) is 38.8. The molecular formula is C60H49NO. The molecule has 11 aromatic rings. The standard InChI is InChI=1S/C31H21NO.C16H16.C13H12/c1-20-8-7-13-30-31(20)26-19-22(15-17-29(26)33-30)21-14-16-28-25(18-21)24-11-5-6-12-27(24)32(28)23-9-3-2-4-10-23;1-11-7-6-10-14-15(11)12-8-4-5-9-13(12)16(14,2)3;1-11-7-9-13(10-8-11)12-5-3-2-4-6-12/h2-19H,1H3;4-10H,1-3H3;2-10H,1H3. The van der Waals surface area contributed by atoms with E-state index in [1.54, 1.807) is 0 Å². The summed E-state index contributed by atoms with van der Waals surface area (Å²) in [5, 5.41) is 4.91. The molecule has 300 valence electrons. The van der Waals surface area contributed by atoms with E-state index in [1.165, 1.54) is 99.5 Å². The van der Waals surface area contributed by atoms with Gasteiger partial charge in [-0.15, -0.1) is 0 Å². The quantitative estimate of drug-likeness (QED) is 0.174. The largest absolute Gasteiger partial charge is 0.456 e. The van der Waals surface area contributed by atoms with Crippen LogP contribution in [0, 0.1) is 20.8 Å². The summed E-state index contributed by atoms with van der Waals surface area (Å²) in [4.78, 5) is 0. The van der Waals surface area contributed by atoms with Crippen molar-refractivity contribution in [3.63, 3.8) is 0 Å². The summed E-state index contributed by atoms with van der Waals surface area (Å²) in [5.74, 6) is 0. The maximum atomic E-state index is 6.10. The van der Waals surface area contributed by atoms with E-state index in [2.05, 4.69) is 233 Å². The molecule has 0 atom stereocenters. The monoisotopic (exact) mass is 799 g/mol. The van der Waals surface area contributed by atoms with E-state index in [-0.39, 0.29) is 5.41 Å². The number of rotatable bonds is 3. The number of hydrogen-bond donors (Lipinski definition) is 0. The Bertz CT molecular complexity index is 3380. The zero-order chi connectivity index (χ0) is 42.4. The minimum absolute atomic E-state index is 0.151. The summed E-state index contributed by atoms with van der Waals surface area (Å²) in [5.41, 5.74) is 20.4. The molecule has 0 saturated heterocycles. The molecule has 12 rings (SSSR count). The number of hydrogen-bond acceptors (Lipinski definition) is 1. The van der Waals surface area contributed by atoms with Crippen LogP contribution < -0.4 is 0 Å². The number of furan rings is 1. The minimum atomic E-state index is 0.151. The smallest absolute Gasteiger partial charge is 0.135 e. The molecule has 0 radical (unpaired) electrons. The Morgan fingerprint density at radius 2 is 0.984 bits per heavy atom. The van der Waals surface area contributed by atoms with Crippen molar-refractivity contribution in [2.75, 3.05) is 0 Å². The summed E-state index contributed by atoms with van der Waals surface area (Å²) < 4.78 is 8.45. The van der Waals surface area contributed by atoms with Crippen LogP contribution in [0.2, 0.25) is 0 Å². The highest BCUT2D eigenvalue weighted by Gasteiger charge is 2.35. The van der Waals surface area contributed by atoms with Gasteiger partial charge in [0.2, 0.25) is 0 Å². The van der Waals surface area contributed by atoms with E-state index < -0.39 is 0 Å². The third-order valence-electron chi connectivity index (χ3n) is 12.7. The van der Waals surface area contributed by atoms with Gasteiger partial charge in [-0.3, -0.25) is 0 Å². The van der Waals surface area contributed by atoms with E-state index in [4.69, 9.17) is 4.42 Å². The van der Waals surface area contributed by atoms with Gasteiger partial charge in [-0.1, -0.05) is 177 Å². The lowest BCUT2D eigenvalue weighted by Crippen LogP contribution is -2.14. The molecule has 2 aromatic heterocycles. The maximum absolute atomic E-state index is 6.10. The lowest BCUT2D eigenvalue weighted by atomic mass is 9.82. The molecule has 9 aromatic carbocycles. The Hall–Kier alpha value is -7.42. The van der Waals surface area contributed by atoms with Crippen LogP contribution in [0.4, 0.5) is 0 Å². The summed E-state index contributed by atoms with van der Waals surface area (Å²) in [7, 11) is 0. The molecular weight excluding hydrogens is 751 g/mol. The van der Waals surface area contributed by atoms with Crippen molar-refractivity contribution in [3.05, 3.63) is 234 Å². The fourth-order valence-corrected chi connectivity index (χ4v) is 9.51. The minimum Gasteiger partial charge on any atom is -0.456 e. The van der Waals surface area contributed by atoms with Crippen LogP contribution in [0.25, 0.3) is 82.8 Å². The van der Waals surface area contributed by atoms with Gasteiger partial charge in [-0.05, 0) is 125 Å². The number of benzene rings is 9. The van der Waals surface area contributed by atoms with Gasteiger partial charge in [0, 0.05) is 32.6 Å². The zero-order valence-electron chi connectivity index (χ0n) is 36.0. The molecule has 0 amide bonds. The van der Waals surface area contributed by atoms with E-state index in [0.717, 1.165) is 11.2 Å². The lowest BCUT2D eigenvalue weighted by molar-refractivity contribution is 0.660. The number of fused-ring (bicyclic) bond motifs is 9.